The van der Waals surface area contributed by atoms with Gasteiger partial charge in [0.25, 0.3) is 0 Å². The van der Waals surface area contributed by atoms with E-state index in [0.717, 1.165) is 89.9 Å². The summed E-state index contributed by atoms with van der Waals surface area (Å²) in [5, 5.41) is 72.5. The molecule has 0 aromatic rings. The lowest BCUT2D eigenvalue weighted by Gasteiger charge is -2.42. The minimum Gasteiger partial charge on any atom is -0.457 e. The average Bonchev–Trinajstić information content (AvgIpc) is 3.57. The minimum absolute atomic E-state index is 0.0493. The number of hydrogen-bond donors (Lipinski definition) is 7. The van der Waals surface area contributed by atoms with Gasteiger partial charge in [0, 0.05) is 13.0 Å². The second kappa shape index (κ2) is 52.9. The summed E-state index contributed by atoms with van der Waals surface area (Å²) in [6.07, 6.45) is 52.5. The summed E-state index contributed by atoms with van der Waals surface area (Å²) >= 11 is 0. The van der Waals surface area contributed by atoms with E-state index < -0.39 is 80.7 Å². The van der Waals surface area contributed by atoms with Crippen LogP contribution >= 0.6 is 0 Å². The summed E-state index contributed by atoms with van der Waals surface area (Å²) in [4.78, 5) is 13.1. The van der Waals surface area contributed by atoms with Crippen LogP contribution in [-0.2, 0) is 33.2 Å². The Labute approximate surface area is 491 Å². The van der Waals surface area contributed by atoms with Crippen molar-refractivity contribution in [1.29, 1.82) is 0 Å². The number of aliphatic hydroxyl groups is 7. The third-order valence-electron chi connectivity index (χ3n) is 15.2. The molecule has 0 saturated carbocycles. The van der Waals surface area contributed by atoms with E-state index in [-0.39, 0.29) is 25.6 Å². The fourth-order valence-electron chi connectivity index (χ4n) is 10.0. The largest absolute Gasteiger partial charge is 0.457 e. The van der Waals surface area contributed by atoms with Crippen LogP contribution in [0.5, 0.6) is 0 Å². The number of rotatable bonds is 53. The molecule has 470 valence electrons. The van der Waals surface area contributed by atoms with Gasteiger partial charge < -0.3 is 64.2 Å². The van der Waals surface area contributed by atoms with Gasteiger partial charge >= 0.3 is 5.97 Å². The summed E-state index contributed by atoms with van der Waals surface area (Å²) in [6.45, 7) is 3.57. The first-order valence-electron chi connectivity index (χ1n) is 32.5. The monoisotopic (exact) mass is 1150 g/mol. The van der Waals surface area contributed by atoms with Gasteiger partial charge in [-0.1, -0.05) is 228 Å². The number of carbonyl (C=O) groups excluding carboxylic acids is 1. The number of aliphatic hydroxyl groups excluding tert-OH is 7. The first-order valence-corrected chi connectivity index (χ1v) is 32.5. The van der Waals surface area contributed by atoms with Crippen LogP contribution < -0.4 is 0 Å². The molecule has 11 atom stereocenters. The van der Waals surface area contributed by atoms with Crippen LogP contribution in [-0.4, -0.2) is 142 Å². The molecule has 14 nitrogen and oxygen atoms in total. The molecule has 2 saturated heterocycles. The lowest BCUT2D eigenvalue weighted by molar-refractivity contribution is -0.332. The average molecular weight is 1150 g/mol. The molecular weight excluding hydrogens is 1030 g/mol. The predicted octanol–water partition coefficient (Wildman–Crippen LogP) is 13.0. The maximum atomic E-state index is 13.1. The number of ether oxygens (including phenoxy) is 6. The highest BCUT2D eigenvalue weighted by molar-refractivity contribution is 5.69. The van der Waals surface area contributed by atoms with Crippen LogP contribution in [0.1, 0.15) is 245 Å². The Morgan fingerprint density at radius 3 is 1.27 bits per heavy atom. The Balaban J connectivity index is 1.68. The van der Waals surface area contributed by atoms with Crippen LogP contribution in [0.4, 0.5) is 0 Å². The number of unbranched alkanes of at least 4 members (excludes halogenated alkanes) is 27. The van der Waals surface area contributed by atoms with Crippen LogP contribution in [0.25, 0.3) is 0 Å². The second-order valence-corrected chi connectivity index (χ2v) is 22.6. The summed E-state index contributed by atoms with van der Waals surface area (Å²) in [6, 6.07) is 0. The van der Waals surface area contributed by atoms with Crippen LogP contribution in [0.3, 0.4) is 0 Å². The van der Waals surface area contributed by atoms with Crippen molar-refractivity contribution in [3.63, 3.8) is 0 Å². The van der Waals surface area contributed by atoms with Crippen LogP contribution in [0, 0.1) is 0 Å². The van der Waals surface area contributed by atoms with Crippen molar-refractivity contribution in [1.82, 2.24) is 0 Å². The lowest BCUT2D eigenvalue weighted by atomic mass is 9.98. The molecule has 0 amide bonds. The molecule has 0 aromatic heterocycles. The molecule has 2 fully saturated rings. The number of carbonyl (C=O) groups is 1. The van der Waals surface area contributed by atoms with E-state index >= 15 is 0 Å². The van der Waals surface area contributed by atoms with Gasteiger partial charge in [0.05, 0.1) is 26.4 Å². The van der Waals surface area contributed by atoms with Gasteiger partial charge in [-0.2, -0.15) is 0 Å². The zero-order valence-corrected chi connectivity index (χ0v) is 50.8. The van der Waals surface area contributed by atoms with Crippen molar-refractivity contribution < 1.29 is 69.0 Å². The molecule has 0 bridgehead atoms. The molecule has 2 aliphatic rings. The van der Waals surface area contributed by atoms with Gasteiger partial charge in [-0.05, 0) is 83.5 Å². The number of esters is 1. The second-order valence-electron chi connectivity index (χ2n) is 22.6. The van der Waals surface area contributed by atoms with E-state index in [2.05, 4.69) is 86.8 Å². The summed E-state index contributed by atoms with van der Waals surface area (Å²) in [5.74, 6) is -0.381. The molecule has 2 aliphatic heterocycles. The SMILES string of the molecule is CC/C=C\C/C=C\C/C=C\C/C=C\C/C=C\CCCCCCCCOCC(COC1OC(COC2OC(CO)C(O)C(O)C2O)C(O)C(O)C1O)OC(=O)CCCCCCCCCCCCCCC/C=C\CCCCCCCCCC. The van der Waals surface area contributed by atoms with Crippen molar-refractivity contribution in [2.24, 2.45) is 0 Å². The van der Waals surface area contributed by atoms with E-state index in [9.17, 15) is 40.5 Å². The molecule has 0 spiro atoms. The summed E-state index contributed by atoms with van der Waals surface area (Å²) < 4.78 is 34.5. The molecule has 2 rings (SSSR count). The molecule has 0 radical (unpaired) electrons. The van der Waals surface area contributed by atoms with Gasteiger partial charge in [0.15, 0.2) is 12.6 Å². The minimum atomic E-state index is -1.71. The quantitative estimate of drug-likeness (QED) is 0.0172. The highest BCUT2D eigenvalue weighted by Gasteiger charge is 2.47. The van der Waals surface area contributed by atoms with E-state index in [1.807, 2.05) is 0 Å². The van der Waals surface area contributed by atoms with Gasteiger partial charge in [-0.3, -0.25) is 4.79 Å². The van der Waals surface area contributed by atoms with Crippen molar-refractivity contribution in [2.75, 3.05) is 33.0 Å². The smallest absolute Gasteiger partial charge is 0.306 e. The van der Waals surface area contributed by atoms with Crippen molar-refractivity contribution in [3.8, 4) is 0 Å². The number of hydrogen-bond acceptors (Lipinski definition) is 14. The van der Waals surface area contributed by atoms with Gasteiger partial charge in [-0.15, -0.1) is 0 Å². The van der Waals surface area contributed by atoms with E-state index in [4.69, 9.17) is 28.4 Å². The lowest BCUT2D eigenvalue weighted by Crippen LogP contribution is -2.61. The standard InChI is InChI=1S/C67H118O14/c1-3-5-7-9-11-13-15-17-19-21-23-25-27-28-29-30-32-34-36-38-40-42-44-46-48-50-59(69)79-56(53-76-51-49-47-45-43-41-39-37-35-33-31-26-24-22-20-18-16-14-12-10-8-6-4-2)54-77-66-65(75)63(73)61(71)58(81-66)55-78-67-64(74)62(72)60(70)57(52-68)80-67/h6,8,12,14,18,20-21,23-24,26,33,35,56-58,60-68,70-75H,3-5,7,9-11,13,15-17,19,22,25,27-32,34,36-55H2,1-2H3/b8-6-,14-12-,20-18-,23-21-,26-24-,35-33-. The fourth-order valence-corrected chi connectivity index (χ4v) is 10.0. The number of allylic oxidation sites excluding steroid dienone is 12. The highest BCUT2D eigenvalue weighted by atomic mass is 16.7. The Hall–Kier alpha value is -2.57. The van der Waals surface area contributed by atoms with Crippen molar-refractivity contribution >= 4 is 5.97 Å². The molecule has 14 heteroatoms. The Bertz CT molecular complexity index is 1610. The topological polar surface area (TPSA) is 214 Å². The van der Waals surface area contributed by atoms with Gasteiger partial charge in [0.1, 0.15) is 54.9 Å². The zero-order chi connectivity index (χ0) is 58.6. The van der Waals surface area contributed by atoms with Crippen molar-refractivity contribution in [2.45, 2.75) is 313 Å². The van der Waals surface area contributed by atoms with Crippen LogP contribution in [0.2, 0.25) is 0 Å². The van der Waals surface area contributed by atoms with E-state index in [1.165, 1.54) is 128 Å². The highest BCUT2D eigenvalue weighted by Crippen LogP contribution is 2.27. The van der Waals surface area contributed by atoms with E-state index in [1.54, 1.807) is 0 Å². The molecule has 0 aromatic carbocycles. The van der Waals surface area contributed by atoms with Crippen LogP contribution in [0.15, 0.2) is 72.9 Å². The maximum Gasteiger partial charge on any atom is 0.306 e. The van der Waals surface area contributed by atoms with Crippen molar-refractivity contribution in [3.05, 3.63) is 72.9 Å². The Morgan fingerprint density at radius 1 is 0.420 bits per heavy atom. The van der Waals surface area contributed by atoms with Gasteiger partial charge in [0.2, 0.25) is 0 Å². The molecular formula is C67H118O14. The first kappa shape index (κ1) is 74.5. The summed E-state index contributed by atoms with van der Waals surface area (Å²) in [7, 11) is 0. The Morgan fingerprint density at radius 2 is 0.802 bits per heavy atom. The maximum absolute atomic E-state index is 13.1. The fraction of sp³-hybridized carbons (Fsp3) is 0.806. The molecule has 11 unspecified atom stereocenters. The molecule has 0 aliphatic carbocycles. The predicted molar refractivity (Wildman–Crippen MR) is 325 cm³/mol. The third kappa shape index (κ3) is 38.9. The Kier molecular flexibility index (Phi) is 48.7. The molecule has 81 heavy (non-hydrogen) atoms. The first-order chi connectivity index (χ1) is 39.6. The van der Waals surface area contributed by atoms with Gasteiger partial charge in [-0.25, -0.2) is 0 Å². The zero-order valence-electron chi connectivity index (χ0n) is 50.8. The van der Waals surface area contributed by atoms with E-state index in [0.29, 0.717) is 13.0 Å². The normalized spacial score (nSPS) is 24.2. The summed E-state index contributed by atoms with van der Waals surface area (Å²) in [5.41, 5.74) is 0. The third-order valence-corrected chi connectivity index (χ3v) is 15.2. The molecule has 7 N–H and O–H groups in total. The molecule has 2 heterocycles.